The van der Waals surface area contributed by atoms with Crippen molar-refractivity contribution in [2.75, 3.05) is 11.5 Å². The fourth-order valence-corrected chi connectivity index (χ4v) is 8.56. The van der Waals surface area contributed by atoms with Gasteiger partial charge in [-0.2, -0.15) is 0 Å². The van der Waals surface area contributed by atoms with E-state index in [1.807, 2.05) is 76.8 Å². The van der Waals surface area contributed by atoms with Crippen molar-refractivity contribution in [1.82, 2.24) is 25.1 Å². The largest absolute Gasteiger partial charge is 0.494 e. The summed E-state index contributed by atoms with van der Waals surface area (Å²) >= 11 is 1.83. The molecule has 2 fully saturated rings. The molecule has 3 unspecified atom stereocenters. The first-order valence-electron chi connectivity index (χ1n) is 15.8. The Labute approximate surface area is 274 Å². The van der Waals surface area contributed by atoms with Gasteiger partial charge in [-0.3, -0.25) is 4.79 Å². The van der Waals surface area contributed by atoms with Gasteiger partial charge in [0.15, 0.2) is 5.82 Å². The van der Waals surface area contributed by atoms with Crippen LogP contribution in [0.25, 0.3) is 0 Å². The molecule has 0 radical (unpaired) electrons. The number of thioether (sulfide) groups is 1. The number of hydrogen-bond donors (Lipinski definition) is 0. The van der Waals surface area contributed by atoms with Crippen molar-refractivity contribution in [2.45, 2.75) is 62.5 Å². The fourth-order valence-electron chi connectivity index (χ4n) is 6.88. The van der Waals surface area contributed by atoms with Gasteiger partial charge in [0.1, 0.15) is 23.2 Å². The first-order valence-corrected chi connectivity index (χ1v) is 16.7. The lowest BCUT2D eigenvalue weighted by Gasteiger charge is -2.52. The third kappa shape index (κ3) is 5.42. The number of carbonyl (C=O) groups is 1. The Bertz CT molecular complexity index is 1810. The van der Waals surface area contributed by atoms with Crippen LogP contribution in [0.15, 0.2) is 109 Å². The SMILES string of the molecule is CCOc1ccc(Cn2nnnc2C2N3C(=O)C(N(c4ccccc4)C(c4ccccc4)c4cccc(C)c4)[C@H]3SC2(C)C)cc1. The monoisotopic (exact) mass is 630 g/mol. The summed E-state index contributed by atoms with van der Waals surface area (Å²) in [6.07, 6.45) is 0. The number of amides is 1. The normalized spacial score (nSPS) is 20.6. The van der Waals surface area contributed by atoms with Crippen LogP contribution in [0.5, 0.6) is 5.75 Å². The van der Waals surface area contributed by atoms with Gasteiger partial charge in [-0.15, -0.1) is 16.9 Å². The van der Waals surface area contributed by atoms with E-state index in [9.17, 15) is 4.79 Å². The van der Waals surface area contributed by atoms with Gasteiger partial charge >= 0.3 is 0 Å². The quantitative estimate of drug-likeness (QED) is 0.157. The number of fused-ring (bicyclic) bond motifs is 1. The van der Waals surface area contributed by atoms with Gasteiger partial charge in [0.05, 0.1) is 19.2 Å². The molecule has 0 saturated carbocycles. The van der Waals surface area contributed by atoms with Crippen LogP contribution in [0.4, 0.5) is 5.69 Å². The Morgan fingerprint density at radius 3 is 2.30 bits per heavy atom. The highest BCUT2D eigenvalue weighted by atomic mass is 32.2. The number of benzene rings is 4. The molecule has 0 aliphatic carbocycles. The molecule has 4 aromatic carbocycles. The minimum absolute atomic E-state index is 0.0839. The molecule has 7 rings (SSSR count). The number of rotatable bonds is 10. The number of nitrogens with zero attached hydrogens (tertiary/aromatic N) is 6. The molecule has 1 amide bonds. The van der Waals surface area contributed by atoms with Gasteiger partial charge in [-0.05, 0) is 79.1 Å². The van der Waals surface area contributed by atoms with Crippen LogP contribution in [-0.2, 0) is 11.3 Å². The molecule has 0 bridgehead atoms. The summed E-state index contributed by atoms with van der Waals surface area (Å²) < 4.78 is 7.12. The maximum atomic E-state index is 14.6. The number of para-hydroxylation sites is 1. The summed E-state index contributed by atoms with van der Waals surface area (Å²) in [4.78, 5) is 19.0. The molecule has 4 atom stereocenters. The zero-order chi connectivity index (χ0) is 31.8. The summed E-state index contributed by atoms with van der Waals surface area (Å²) in [5.41, 5.74) is 5.55. The number of tetrazole rings is 1. The highest BCUT2D eigenvalue weighted by Crippen LogP contribution is 2.59. The molecule has 8 nitrogen and oxygen atoms in total. The lowest BCUT2D eigenvalue weighted by Crippen LogP contribution is -2.68. The standard InChI is InChI=1S/C37H38N6O2S/c1-5-45-30-21-19-26(20-22-30)24-41-34(38-39-40-41)33-37(3,4)46-36-32(35(44)43(33)36)42(29-17-10-7-11-18-29)31(27-14-8-6-9-15-27)28-16-12-13-25(2)23-28/h6-23,31-33,36H,5,24H2,1-4H3/t31?,32?,33?,36-/m1/s1. The molecule has 3 heterocycles. The van der Waals surface area contributed by atoms with Crippen molar-refractivity contribution in [2.24, 2.45) is 0 Å². The zero-order valence-electron chi connectivity index (χ0n) is 26.5. The second-order valence-electron chi connectivity index (χ2n) is 12.4. The molecular formula is C37H38N6O2S. The lowest BCUT2D eigenvalue weighted by molar-refractivity contribution is -0.148. The van der Waals surface area contributed by atoms with Gasteiger partial charge in [0.2, 0.25) is 5.91 Å². The van der Waals surface area contributed by atoms with Crippen LogP contribution in [-0.4, -0.2) is 53.8 Å². The minimum Gasteiger partial charge on any atom is -0.494 e. The molecule has 9 heteroatoms. The Morgan fingerprint density at radius 2 is 1.61 bits per heavy atom. The number of carbonyl (C=O) groups excluding carboxylic acids is 1. The van der Waals surface area contributed by atoms with E-state index >= 15 is 0 Å². The molecule has 1 aromatic heterocycles. The predicted octanol–water partition coefficient (Wildman–Crippen LogP) is 6.83. The summed E-state index contributed by atoms with van der Waals surface area (Å²) in [6, 6.07) is 36.7. The molecule has 46 heavy (non-hydrogen) atoms. The predicted molar refractivity (Wildman–Crippen MR) is 182 cm³/mol. The lowest BCUT2D eigenvalue weighted by atomic mass is 9.89. The third-order valence-electron chi connectivity index (χ3n) is 8.89. The summed E-state index contributed by atoms with van der Waals surface area (Å²) in [5.74, 6) is 1.62. The van der Waals surface area contributed by atoms with Crippen LogP contribution >= 0.6 is 11.8 Å². The average molecular weight is 631 g/mol. The van der Waals surface area contributed by atoms with Crippen LogP contribution in [0.1, 0.15) is 60.9 Å². The summed E-state index contributed by atoms with van der Waals surface area (Å²) in [5, 5.41) is 12.9. The van der Waals surface area contributed by atoms with Crippen molar-refractivity contribution in [3.63, 3.8) is 0 Å². The number of β-lactam (4-membered cyclic amide) rings is 1. The van der Waals surface area contributed by atoms with Crippen molar-refractivity contribution in [1.29, 1.82) is 0 Å². The Morgan fingerprint density at radius 1 is 0.913 bits per heavy atom. The van der Waals surface area contributed by atoms with E-state index < -0.39 is 0 Å². The van der Waals surface area contributed by atoms with Gasteiger partial charge < -0.3 is 14.5 Å². The van der Waals surface area contributed by atoms with Gasteiger partial charge in [0.25, 0.3) is 0 Å². The van der Waals surface area contributed by atoms with Crippen LogP contribution < -0.4 is 9.64 Å². The minimum atomic E-state index is -0.377. The van der Waals surface area contributed by atoms with E-state index in [4.69, 9.17) is 4.74 Å². The highest BCUT2D eigenvalue weighted by molar-refractivity contribution is 8.01. The van der Waals surface area contributed by atoms with Crippen LogP contribution in [0, 0.1) is 6.92 Å². The Balaban J connectivity index is 1.26. The second-order valence-corrected chi connectivity index (χ2v) is 14.2. The van der Waals surface area contributed by atoms with E-state index in [0.29, 0.717) is 19.0 Å². The first-order chi connectivity index (χ1) is 22.4. The first kappa shape index (κ1) is 30.0. The molecule has 5 aromatic rings. The van der Waals surface area contributed by atoms with Crippen LogP contribution in [0.2, 0.25) is 0 Å². The third-order valence-corrected chi connectivity index (χ3v) is 10.4. The fraction of sp³-hybridized carbons (Fsp3) is 0.297. The number of anilines is 1. The average Bonchev–Trinajstić information content (AvgIpc) is 3.61. The molecule has 2 saturated heterocycles. The van der Waals surface area contributed by atoms with Crippen molar-refractivity contribution >= 4 is 23.4 Å². The van der Waals surface area contributed by atoms with Gasteiger partial charge in [-0.25, -0.2) is 4.68 Å². The van der Waals surface area contributed by atoms with E-state index in [-0.39, 0.29) is 34.2 Å². The molecule has 2 aliphatic rings. The molecule has 234 valence electrons. The summed E-state index contributed by atoms with van der Waals surface area (Å²) in [6.45, 7) is 9.61. The number of aryl methyl sites for hydroxylation is 1. The zero-order valence-corrected chi connectivity index (χ0v) is 27.3. The maximum absolute atomic E-state index is 14.6. The second kappa shape index (κ2) is 12.3. The molecule has 0 N–H and O–H groups in total. The number of hydrogen-bond acceptors (Lipinski definition) is 7. The van der Waals surface area contributed by atoms with Crippen molar-refractivity contribution in [3.05, 3.63) is 137 Å². The maximum Gasteiger partial charge on any atom is 0.250 e. The van der Waals surface area contributed by atoms with E-state index in [0.717, 1.165) is 28.1 Å². The van der Waals surface area contributed by atoms with E-state index in [1.165, 1.54) is 5.56 Å². The van der Waals surface area contributed by atoms with Gasteiger partial charge in [-0.1, -0.05) is 90.5 Å². The summed E-state index contributed by atoms with van der Waals surface area (Å²) in [7, 11) is 0. The smallest absolute Gasteiger partial charge is 0.250 e. The molecule has 2 aliphatic heterocycles. The van der Waals surface area contributed by atoms with Crippen molar-refractivity contribution in [3.8, 4) is 5.75 Å². The Hall–Kier alpha value is -4.63. The van der Waals surface area contributed by atoms with Crippen molar-refractivity contribution < 1.29 is 9.53 Å². The van der Waals surface area contributed by atoms with Gasteiger partial charge in [0, 0.05) is 10.4 Å². The molecular weight excluding hydrogens is 593 g/mol. The highest BCUT2D eigenvalue weighted by Gasteiger charge is 2.65. The van der Waals surface area contributed by atoms with E-state index in [1.54, 1.807) is 0 Å². The Kier molecular flexibility index (Phi) is 8.02. The molecule has 0 spiro atoms. The number of aromatic nitrogens is 4. The number of ether oxygens (including phenoxy) is 1. The van der Waals surface area contributed by atoms with Crippen LogP contribution in [0.3, 0.4) is 0 Å². The topological polar surface area (TPSA) is 76.4 Å². The van der Waals surface area contributed by atoms with E-state index in [2.05, 4.69) is 102 Å².